The number of hydrogen-bond donors (Lipinski definition) is 2. The molecule has 3 heteroatoms. The summed E-state index contributed by atoms with van der Waals surface area (Å²) >= 11 is 0. The molecule has 0 aliphatic carbocycles. The minimum absolute atomic E-state index is 0.235. The Morgan fingerprint density at radius 3 is 2.79 bits per heavy atom. The molecule has 0 aliphatic rings. The highest BCUT2D eigenvalue weighted by Crippen LogP contribution is 2.20. The quantitative estimate of drug-likeness (QED) is 0.418. The van der Waals surface area contributed by atoms with Crippen LogP contribution in [0.3, 0.4) is 0 Å². The van der Waals surface area contributed by atoms with E-state index in [0.29, 0.717) is 0 Å². The average molecular weight is 196 g/mol. The molecule has 80 valence electrons. The summed E-state index contributed by atoms with van der Waals surface area (Å²) in [6.07, 6.45) is 6.56. The molecule has 0 aromatic carbocycles. The first-order valence-electron chi connectivity index (χ1n) is 5.29. The average Bonchev–Trinajstić information content (AvgIpc) is 2.60. The van der Waals surface area contributed by atoms with Crippen molar-refractivity contribution in [2.24, 2.45) is 5.84 Å². The van der Waals surface area contributed by atoms with Gasteiger partial charge in [0.25, 0.3) is 0 Å². The molecule has 3 nitrogen and oxygen atoms in total. The van der Waals surface area contributed by atoms with Gasteiger partial charge in [0.2, 0.25) is 0 Å². The van der Waals surface area contributed by atoms with E-state index < -0.39 is 0 Å². The second-order valence-corrected chi connectivity index (χ2v) is 3.71. The molecule has 3 N–H and O–H groups in total. The standard InChI is InChI=1S/C11H20N2O/c1-3-4-5-6-11(13-12)10-7-9(2)14-8-10/h7-8,11,13H,3-6,12H2,1-2H3. The molecule has 0 aliphatic heterocycles. The highest BCUT2D eigenvalue weighted by atomic mass is 16.3. The predicted molar refractivity (Wildman–Crippen MR) is 57.7 cm³/mol. The summed E-state index contributed by atoms with van der Waals surface area (Å²) in [6, 6.07) is 2.27. The number of nitrogens with one attached hydrogen (secondary N) is 1. The number of rotatable bonds is 6. The van der Waals surface area contributed by atoms with Gasteiger partial charge in [-0.05, 0) is 19.4 Å². The van der Waals surface area contributed by atoms with E-state index >= 15 is 0 Å². The Bertz CT molecular complexity index is 258. The fourth-order valence-corrected chi connectivity index (χ4v) is 1.59. The lowest BCUT2D eigenvalue weighted by molar-refractivity contribution is 0.475. The van der Waals surface area contributed by atoms with E-state index in [1.807, 2.05) is 13.0 Å². The van der Waals surface area contributed by atoms with Crippen LogP contribution < -0.4 is 11.3 Å². The van der Waals surface area contributed by atoms with Gasteiger partial charge in [-0.3, -0.25) is 11.3 Å². The van der Waals surface area contributed by atoms with Crippen molar-refractivity contribution in [3.8, 4) is 0 Å². The van der Waals surface area contributed by atoms with Gasteiger partial charge < -0.3 is 4.42 Å². The number of hydrazine groups is 1. The monoisotopic (exact) mass is 196 g/mol. The molecule has 0 bridgehead atoms. The molecule has 1 atom stereocenters. The van der Waals surface area contributed by atoms with Crippen LogP contribution in [0.5, 0.6) is 0 Å². The summed E-state index contributed by atoms with van der Waals surface area (Å²) in [4.78, 5) is 0. The zero-order valence-electron chi connectivity index (χ0n) is 9.05. The van der Waals surface area contributed by atoms with Crippen molar-refractivity contribution in [2.45, 2.75) is 45.6 Å². The zero-order chi connectivity index (χ0) is 10.4. The van der Waals surface area contributed by atoms with Crippen LogP contribution in [0.25, 0.3) is 0 Å². The van der Waals surface area contributed by atoms with Crippen LogP contribution in [0.2, 0.25) is 0 Å². The summed E-state index contributed by atoms with van der Waals surface area (Å²) in [6.45, 7) is 4.15. The van der Waals surface area contributed by atoms with Crippen molar-refractivity contribution in [1.82, 2.24) is 5.43 Å². The Balaban J connectivity index is 2.45. The maximum atomic E-state index is 5.50. The molecule has 0 radical (unpaired) electrons. The smallest absolute Gasteiger partial charge is 0.101 e. The Kier molecular flexibility index (Phi) is 4.70. The molecule has 1 heterocycles. The van der Waals surface area contributed by atoms with E-state index in [-0.39, 0.29) is 6.04 Å². The Labute approximate surface area is 85.6 Å². The lowest BCUT2D eigenvalue weighted by Gasteiger charge is -2.13. The number of aryl methyl sites for hydroxylation is 1. The van der Waals surface area contributed by atoms with Crippen LogP contribution in [-0.2, 0) is 0 Å². The highest BCUT2D eigenvalue weighted by molar-refractivity contribution is 5.15. The number of furan rings is 1. The Morgan fingerprint density at radius 1 is 1.50 bits per heavy atom. The summed E-state index contributed by atoms with van der Waals surface area (Å²) in [5.41, 5.74) is 3.98. The Hall–Kier alpha value is -0.800. The van der Waals surface area contributed by atoms with Crippen LogP contribution in [0, 0.1) is 6.92 Å². The van der Waals surface area contributed by atoms with Crippen LogP contribution in [-0.4, -0.2) is 0 Å². The second-order valence-electron chi connectivity index (χ2n) is 3.71. The van der Waals surface area contributed by atoms with Gasteiger partial charge in [-0.15, -0.1) is 0 Å². The third-order valence-electron chi connectivity index (χ3n) is 2.45. The molecule has 0 saturated heterocycles. The molecule has 0 amide bonds. The molecule has 1 aromatic rings. The first-order valence-corrected chi connectivity index (χ1v) is 5.29. The molecular formula is C11H20N2O. The van der Waals surface area contributed by atoms with Gasteiger partial charge in [-0.25, -0.2) is 0 Å². The van der Waals surface area contributed by atoms with Crippen molar-refractivity contribution in [3.05, 3.63) is 23.7 Å². The summed E-state index contributed by atoms with van der Waals surface area (Å²) in [7, 11) is 0. The van der Waals surface area contributed by atoms with Crippen LogP contribution in [0.4, 0.5) is 0 Å². The van der Waals surface area contributed by atoms with E-state index in [1.165, 1.54) is 19.3 Å². The normalized spacial score (nSPS) is 13.1. The number of nitrogens with two attached hydrogens (primary N) is 1. The van der Waals surface area contributed by atoms with E-state index in [0.717, 1.165) is 17.7 Å². The largest absolute Gasteiger partial charge is 0.469 e. The van der Waals surface area contributed by atoms with Crippen molar-refractivity contribution in [2.75, 3.05) is 0 Å². The van der Waals surface area contributed by atoms with Gasteiger partial charge in [0.05, 0.1) is 6.26 Å². The molecule has 1 aromatic heterocycles. The van der Waals surface area contributed by atoms with Crippen LogP contribution >= 0.6 is 0 Å². The predicted octanol–water partition coefficient (Wildman–Crippen LogP) is 2.67. The Morgan fingerprint density at radius 2 is 2.29 bits per heavy atom. The topological polar surface area (TPSA) is 51.2 Å². The minimum atomic E-state index is 0.235. The van der Waals surface area contributed by atoms with E-state index in [1.54, 1.807) is 6.26 Å². The fraction of sp³-hybridized carbons (Fsp3) is 0.636. The van der Waals surface area contributed by atoms with Gasteiger partial charge in [0.1, 0.15) is 5.76 Å². The van der Waals surface area contributed by atoms with Gasteiger partial charge in [-0.2, -0.15) is 0 Å². The van der Waals surface area contributed by atoms with E-state index in [2.05, 4.69) is 12.3 Å². The zero-order valence-corrected chi connectivity index (χ0v) is 9.05. The van der Waals surface area contributed by atoms with Crippen molar-refractivity contribution in [1.29, 1.82) is 0 Å². The summed E-state index contributed by atoms with van der Waals surface area (Å²) < 4.78 is 5.26. The van der Waals surface area contributed by atoms with Gasteiger partial charge >= 0.3 is 0 Å². The SMILES string of the molecule is CCCCCC(NN)c1coc(C)c1. The van der Waals surface area contributed by atoms with Gasteiger partial charge in [0, 0.05) is 11.6 Å². The highest BCUT2D eigenvalue weighted by Gasteiger charge is 2.10. The van der Waals surface area contributed by atoms with E-state index in [9.17, 15) is 0 Å². The molecule has 1 rings (SSSR count). The molecule has 14 heavy (non-hydrogen) atoms. The van der Waals surface area contributed by atoms with Crippen LogP contribution in [0.15, 0.2) is 16.7 Å². The van der Waals surface area contributed by atoms with Gasteiger partial charge in [0.15, 0.2) is 0 Å². The maximum Gasteiger partial charge on any atom is 0.101 e. The molecular weight excluding hydrogens is 176 g/mol. The lowest BCUT2D eigenvalue weighted by atomic mass is 10.0. The van der Waals surface area contributed by atoms with Crippen molar-refractivity contribution in [3.63, 3.8) is 0 Å². The van der Waals surface area contributed by atoms with Gasteiger partial charge in [-0.1, -0.05) is 26.2 Å². The second kappa shape index (κ2) is 5.83. The molecule has 0 spiro atoms. The van der Waals surface area contributed by atoms with E-state index in [4.69, 9.17) is 10.3 Å². The fourth-order valence-electron chi connectivity index (χ4n) is 1.59. The molecule has 0 saturated carbocycles. The maximum absolute atomic E-state index is 5.50. The minimum Gasteiger partial charge on any atom is -0.469 e. The van der Waals surface area contributed by atoms with Crippen molar-refractivity contribution >= 4 is 0 Å². The van der Waals surface area contributed by atoms with Crippen molar-refractivity contribution < 1.29 is 4.42 Å². The third-order valence-corrected chi connectivity index (χ3v) is 2.45. The third kappa shape index (κ3) is 3.16. The molecule has 0 fully saturated rings. The number of unbranched alkanes of at least 4 members (excludes halogenated alkanes) is 2. The summed E-state index contributed by atoms with van der Waals surface area (Å²) in [5, 5.41) is 0. The first kappa shape index (κ1) is 11.3. The lowest BCUT2D eigenvalue weighted by Crippen LogP contribution is -2.27. The molecule has 1 unspecified atom stereocenters. The summed E-state index contributed by atoms with van der Waals surface area (Å²) in [5.74, 6) is 6.45. The number of hydrogen-bond acceptors (Lipinski definition) is 3. The first-order chi connectivity index (χ1) is 6.77. The van der Waals surface area contributed by atoms with Crippen LogP contribution in [0.1, 0.15) is 50.0 Å².